The largest absolute Gasteiger partial charge is 0.310 e. The third-order valence-corrected chi connectivity index (χ3v) is 3.29. The molecule has 1 N–H and O–H groups in total. The second kappa shape index (κ2) is 6.41. The molecule has 1 aliphatic rings. The summed E-state index contributed by atoms with van der Waals surface area (Å²) in [6.07, 6.45) is 10.1. The Morgan fingerprint density at radius 3 is 2.76 bits per heavy atom. The highest BCUT2D eigenvalue weighted by Gasteiger charge is 2.07. The lowest BCUT2D eigenvalue weighted by Gasteiger charge is -2.15. The average molecular weight is 227 g/mol. The maximum Gasteiger partial charge on any atom is 0.0257 e. The van der Waals surface area contributed by atoms with E-state index in [1.165, 1.54) is 17.6 Å². The molecular formula is C16H21N. The van der Waals surface area contributed by atoms with E-state index in [1.807, 2.05) is 0 Å². The SMILES string of the molecule is CC(NCCCc1ccccc1)C1=CC=CC1. The molecular weight excluding hydrogens is 206 g/mol. The normalized spacial score (nSPS) is 15.9. The van der Waals surface area contributed by atoms with E-state index in [2.05, 4.69) is 60.8 Å². The van der Waals surface area contributed by atoms with Crippen LogP contribution in [-0.2, 0) is 6.42 Å². The van der Waals surface area contributed by atoms with E-state index in [0.717, 1.165) is 19.4 Å². The van der Waals surface area contributed by atoms with Crippen molar-refractivity contribution in [1.82, 2.24) is 5.32 Å². The van der Waals surface area contributed by atoms with Gasteiger partial charge in [0.2, 0.25) is 0 Å². The first kappa shape index (κ1) is 12.1. The van der Waals surface area contributed by atoms with Gasteiger partial charge in [0.05, 0.1) is 0 Å². The van der Waals surface area contributed by atoms with Gasteiger partial charge in [0.25, 0.3) is 0 Å². The van der Waals surface area contributed by atoms with E-state index in [9.17, 15) is 0 Å². The second-order valence-corrected chi connectivity index (χ2v) is 4.64. The monoisotopic (exact) mass is 227 g/mol. The molecule has 0 amide bonds. The maximum atomic E-state index is 3.59. The van der Waals surface area contributed by atoms with Gasteiger partial charge in [-0.05, 0) is 43.9 Å². The number of nitrogens with one attached hydrogen (secondary N) is 1. The number of benzene rings is 1. The van der Waals surface area contributed by atoms with Crippen molar-refractivity contribution in [2.24, 2.45) is 0 Å². The zero-order valence-electron chi connectivity index (χ0n) is 10.5. The summed E-state index contributed by atoms with van der Waals surface area (Å²) in [5.41, 5.74) is 2.94. The minimum atomic E-state index is 0.515. The van der Waals surface area contributed by atoms with Crippen molar-refractivity contribution < 1.29 is 0 Å². The highest BCUT2D eigenvalue weighted by Crippen LogP contribution is 2.14. The van der Waals surface area contributed by atoms with Gasteiger partial charge < -0.3 is 5.32 Å². The fourth-order valence-corrected chi connectivity index (χ4v) is 2.17. The molecule has 1 unspecified atom stereocenters. The van der Waals surface area contributed by atoms with Gasteiger partial charge in [-0.2, -0.15) is 0 Å². The van der Waals surface area contributed by atoms with Gasteiger partial charge in [-0.25, -0.2) is 0 Å². The van der Waals surface area contributed by atoms with E-state index in [-0.39, 0.29) is 0 Å². The second-order valence-electron chi connectivity index (χ2n) is 4.64. The van der Waals surface area contributed by atoms with Crippen molar-refractivity contribution in [1.29, 1.82) is 0 Å². The van der Waals surface area contributed by atoms with Gasteiger partial charge in [-0.1, -0.05) is 48.6 Å². The van der Waals surface area contributed by atoms with Crippen LogP contribution in [0, 0.1) is 0 Å². The number of hydrogen-bond donors (Lipinski definition) is 1. The van der Waals surface area contributed by atoms with E-state index >= 15 is 0 Å². The van der Waals surface area contributed by atoms with E-state index in [1.54, 1.807) is 0 Å². The lowest BCUT2D eigenvalue weighted by atomic mass is 10.1. The molecule has 0 spiro atoms. The van der Waals surface area contributed by atoms with Crippen LogP contribution in [0.25, 0.3) is 0 Å². The third kappa shape index (κ3) is 3.86. The lowest BCUT2D eigenvalue weighted by molar-refractivity contribution is 0.582. The fraction of sp³-hybridized carbons (Fsp3) is 0.375. The number of hydrogen-bond acceptors (Lipinski definition) is 1. The Hall–Kier alpha value is -1.34. The van der Waals surface area contributed by atoms with Gasteiger partial charge in [0.1, 0.15) is 0 Å². The fourth-order valence-electron chi connectivity index (χ4n) is 2.17. The Morgan fingerprint density at radius 2 is 2.06 bits per heavy atom. The molecule has 90 valence electrons. The van der Waals surface area contributed by atoms with Gasteiger partial charge in [-0.3, -0.25) is 0 Å². The summed E-state index contributed by atoms with van der Waals surface area (Å²) in [4.78, 5) is 0. The molecule has 1 nitrogen and oxygen atoms in total. The highest BCUT2D eigenvalue weighted by atomic mass is 14.9. The minimum absolute atomic E-state index is 0.515. The van der Waals surface area contributed by atoms with Crippen molar-refractivity contribution in [2.45, 2.75) is 32.2 Å². The summed E-state index contributed by atoms with van der Waals surface area (Å²) in [7, 11) is 0. The van der Waals surface area contributed by atoms with E-state index in [4.69, 9.17) is 0 Å². The van der Waals surface area contributed by atoms with Crippen LogP contribution in [0.5, 0.6) is 0 Å². The molecule has 0 aliphatic heterocycles. The van der Waals surface area contributed by atoms with Crippen molar-refractivity contribution in [3.63, 3.8) is 0 Å². The molecule has 1 atom stereocenters. The van der Waals surface area contributed by atoms with Crippen LogP contribution in [-0.4, -0.2) is 12.6 Å². The average Bonchev–Trinajstić information content (AvgIpc) is 2.89. The summed E-state index contributed by atoms with van der Waals surface area (Å²) < 4.78 is 0. The van der Waals surface area contributed by atoms with Crippen molar-refractivity contribution in [2.75, 3.05) is 6.54 Å². The molecule has 0 saturated heterocycles. The van der Waals surface area contributed by atoms with Crippen LogP contribution in [0.4, 0.5) is 0 Å². The molecule has 0 radical (unpaired) electrons. The molecule has 17 heavy (non-hydrogen) atoms. The standard InChI is InChI=1S/C16H21N/c1-14(16-11-5-6-12-16)17-13-7-10-15-8-3-2-4-9-15/h2-6,8-9,11,14,17H,7,10,12-13H2,1H3. The van der Waals surface area contributed by atoms with Crippen molar-refractivity contribution in [3.8, 4) is 0 Å². The third-order valence-electron chi connectivity index (χ3n) is 3.29. The Kier molecular flexibility index (Phi) is 4.57. The predicted molar refractivity (Wildman–Crippen MR) is 74.1 cm³/mol. The zero-order valence-corrected chi connectivity index (χ0v) is 10.5. The molecule has 0 saturated carbocycles. The quantitative estimate of drug-likeness (QED) is 0.734. The number of aryl methyl sites for hydroxylation is 1. The molecule has 0 heterocycles. The van der Waals surface area contributed by atoms with Crippen molar-refractivity contribution >= 4 is 0 Å². The maximum absolute atomic E-state index is 3.59. The molecule has 1 heteroatoms. The first-order valence-corrected chi connectivity index (χ1v) is 6.49. The van der Waals surface area contributed by atoms with Crippen LogP contribution in [0.3, 0.4) is 0 Å². The molecule has 1 aromatic carbocycles. The first-order valence-electron chi connectivity index (χ1n) is 6.49. The van der Waals surface area contributed by atoms with Gasteiger partial charge in [-0.15, -0.1) is 0 Å². The number of rotatable bonds is 6. The molecule has 1 aliphatic carbocycles. The Labute approximate surface area is 104 Å². The van der Waals surface area contributed by atoms with Gasteiger partial charge in [0.15, 0.2) is 0 Å². The summed E-state index contributed by atoms with van der Waals surface area (Å²) in [5.74, 6) is 0. The zero-order chi connectivity index (χ0) is 11.9. The molecule has 0 aromatic heterocycles. The summed E-state index contributed by atoms with van der Waals surface area (Å²) in [6.45, 7) is 3.34. The van der Waals surface area contributed by atoms with Crippen LogP contribution < -0.4 is 5.32 Å². The Bertz CT molecular complexity index is 389. The lowest BCUT2D eigenvalue weighted by Crippen LogP contribution is -2.28. The van der Waals surface area contributed by atoms with Gasteiger partial charge >= 0.3 is 0 Å². The van der Waals surface area contributed by atoms with Crippen molar-refractivity contribution in [3.05, 3.63) is 59.7 Å². The predicted octanol–water partition coefficient (Wildman–Crippen LogP) is 3.48. The van der Waals surface area contributed by atoms with Gasteiger partial charge in [0, 0.05) is 6.04 Å². The molecule has 0 fully saturated rings. The summed E-state index contributed by atoms with van der Waals surface area (Å²) >= 11 is 0. The smallest absolute Gasteiger partial charge is 0.0257 e. The highest BCUT2D eigenvalue weighted by molar-refractivity contribution is 5.26. The minimum Gasteiger partial charge on any atom is -0.310 e. The summed E-state index contributed by atoms with van der Waals surface area (Å²) in [5, 5.41) is 3.59. The molecule has 0 bridgehead atoms. The summed E-state index contributed by atoms with van der Waals surface area (Å²) in [6, 6.07) is 11.2. The molecule has 1 aromatic rings. The Morgan fingerprint density at radius 1 is 1.24 bits per heavy atom. The Balaban J connectivity index is 1.63. The molecule has 2 rings (SSSR count). The van der Waals surface area contributed by atoms with E-state index in [0.29, 0.717) is 6.04 Å². The topological polar surface area (TPSA) is 12.0 Å². The number of allylic oxidation sites excluding steroid dienone is 3. The van der Waals surface area contributed by atoms with E-state index < -0.39 is 0 Å². The van der Waals surface area contributed by atoms with Crippen LogP contribution in [0.15, 0.2) is 54.1 Å². The first-order chi connectivity index (χ1) is 8.36. The van der Waals surface area contributed by atoms with Crippen LogP contribution >= 0.6 is 0 Å². The van der Waals surface area contributed by atoms with Crippen LogP contribution in [0.1, 0.15) is 25.3 Å². The van der Waals surface area contributed by atoms with Crippen LogP contribution in [0.2, 0.25) is 0 Å².